The van der Waals surface area contributed by atoms with Crippen molar-refractivity contribution in [3.63, 3.8) is 0 Å². The quantitative estimate of drug-likeness (QED) is 0.610. The molecule has 6 nitrogen and oxygen atoms in total. The molecule has 1 aromatic rings. The van der Waals surface area contributed by atoms with Gasteiger partial charge >= 0.3 is 0 Å². The predicted molar refractivity (Wildman–Crippen MR) is 109 cm³/mol. The van der Waals surface area contributed by atoms with Crippen molar-refractivity contribution in [3.8, 4) is 0 Å². The average Bonchev–Trinajstić information content (AvgIpc) is 3.21. The first-order valence-corrected chi connectivity index (χ1v) is 10.2. The Balaban J connectivity index is 1.69. The summed E-state index contributed by atoms with van der Waals surface area (Å²) < 4.78 is 11.8. The smallest absolute Gasteiger partial charge is 0.194 e. The lowest BCUT2D eigenvalue weighted by Gasteiger charge is -2.37. The van der Waals surface area contributed by atoms with Crippen molar-refractivity contribution in [2.24, 2.45) is 4.99 Å². The lowest BCUT2D eigenvalue weighted by molar-refractivity contribution is -0.0817. The van der Waals surface area contributed by atoms with Crippen molar-refractivity contribution in [1.29, 1.82) is 0 Å². The van der Waals surface area contributed by atoms with Crippen LogP contribution in [-0.2, 0) is 22.6 Å². The molecule has 0 aliphatic carbocycles. The number of nitrogens with one attached hydrogen (secondary N) is 1. The fourth-order valence-corrected chi connectivity index (χ4v) is 3.78. The maximum absolute atomic E-state index is 5.99. The van der Waals surface area contributed by atoms with E-state index in [4.69, 9.17) is 14.5 Å². The van der Waals surface area contributed by atoms with Gasteiger partial charge in [-0.1, -0.05) is 24.3 Å². The van der Waals surface area contributed by atoms with E-state index in [1.165, 1.54) is 11.1 Å². The maximum atomic E-state index is 5.99. The van der Waals surface area contributed by atoms with E-state index >= 15 is 0 Å². The maximum Gasteiger partial charge on any atom is 0.194 e. The van der Waals surface area contributed by atoms with Crippen molar-refractivity contribution in [1.82, 2.24) is 15.1 Å². The zero-order valence-corrected chi connectivity index (χ0v) is 17.0. The number of guanidine groups is 1. The van der Waals surface area contributed by atoms with Gasteiger partial charge in [0.2, 0.25) is 0 Å². The summed E-state index contributed by atoms with van der Waals surface area (Å²) in [5.41, 5.74) is 2.62. The highest BCUT2D eigenvalue weighted by molar-refractivity contribution is 5.80. The second-order valence-electron chi connectivity index (χ2n) is 7.58. The van der Waals surface area contributed by atoms with Gasteiger partial charge in [-0.3, -0.25) is 0 Å². The van der Waals surface area contributed by atoms with Crippen molar-refractivity contribution in [3.05, 3.63) is 35.4 Å². The first kappa shape index (κ1) is 20.1. The molecule has 2 aliphatic heterocycles. The highest BCUT2D eigenvalue weighted by Crippen LogP contribution is 2.21. The van der Waals surface area contributed by atoms with Crippen LogP contribution in [-0.4, -0.2) is 74.9 Å². The predicted octanol–water partition coefficient (Wildman–Crippen LogP) is 2.09. The minimum absolute atomic E-state index is 0.145. The summed E-state index contributed by atoms with van der Waals surface area (Å²) in [6, 6.07) is 8.57. The highest BCUT2D eigenvalue weighted by Gasteiger charge is 2.32. The van der Waals surface area contributed by atoms with Gasteiger partial charge in [0.15, 0.2) is 5.96 Å². The third-order valence-corrected chi connectivity index (χ3v) is 5.11. The summed E-state index contributed by atoms with van der Waals surface area (Å²) in [5.74, 6) is 0.975. The van der Waals surface area contributed by atoms with Crippen LogP contribution in [0.1, 0.15) is 30.9 Å². The Morgan fingerprint density at radius 1 is 1.19 bits per heavy atom. The number of nitrogens with zero attached hydrogens (tertiary/aromatic N) is 3. The first-order valence-electron chi connectivity index (χ1n) is 10.2. The molecule has 150 valence electrons. The Morgan fingerprint density at radius 3 is 2.67 bits per heavy atom. The second kappa shape index (κ2) is 10.1. The fourth-order valence-electron chi connectivity index (χ4n) is 3.78. The van der Waals surface area contributed by atoms with E-state index in [2.05, 4.69) is 60.4 Å². The largest absolute Gasteiger partial charge is 0.375 e. The van der Waals surface area contributed by atoms with Crippen molar-refractivity contribution < 1.29 is 9.47 Å². The molecule has 0 bridgehead atoms. The number of morpholine rings is 1. The zero-order valence-electron chi connectivity index (χ0n) is 17.0. The molecule has 0 radical (unpaired) electrons. The minimum atomic E-state index is 0.145. The molecule has 2 unspecified atom stereocenters. The third-order valence-electron chi connectivity index (χ3n) is 5.11. The van der Waals surface area contributed by atoms with E-state index < -0.39 is 0 Å². The van der Waals surface area contributed by atoms with Gasteiger partial charge in [0.25, 0.3) is 0 Å². The Kier molecular flexibility index (Phi) is 7.50. The average molecular weight is 375 g/mol. The normalized spacial score (nSPS) is 23.9. The molecule has 6 heteroatoms. The van der Waals surface area contributed by atoms with E-state index in [0.29, 0.717) is 6.54 Å². The molecule has 3 rings (SSSR count). The number of hydrogen-bond acceptors (Lipinski definition) is 4. The molecule has 0 spiro atoms. The van der Waals surface area contributed by atoms with Crippen LogP contribution in [0.15, 0.2) is 29.3 Å². The van der Waals surface area contributed by atoms with Crippen LogP contribution in [0.2, 0.25) is 0 Å². The Hall–Kier alpha value is -1.63. The molecule has 0 aromatic heterocycles. The summed E-state index contributed by atoms with van der Waals surface area (Å²) >= 11 is 0. The summed E-state index contributed by atoms with van der Waals surface area (Å²) in [4.78, 5) is 9.48. The second-order valence-corrected chi connectivity index (χ2v) is 7.58. The van der Waals surface area contributed by atoms with Crippen LogP contribution >= 0.6 is 0 Å². The number of ether oxygens (including phenoxy) is 2. The highest BCUT2D eigenvalue weighted by atomic mass is 16.5. The van der Waals surface area contributed by atoms with Crippen LogP contribution in [0, 0.1) is 0 Å². The lowest BCUT2D eigenvalue weighted by Crippen LogP contribution is -2.53. The van der Waals surface area contributed by atoms with Gasteiger partial charge in [-0.2, -0.15) is 0 Å². The van der Waals surface area contributed by atoms with Crippen LogP contribution < -0.4 is 5.32 Å². The molecule has 1 N–H and O–H groups in total. The molecular weight excluding hydrogens is 340 g/mol. The molecule has 1 aromatic carbocycles. The van der Waals surface area contributed by atoms with Gasteiger partial charge in [-0.15, -0.1) is 0 Å². The SMILES string of the molecule is CCNC(=NCc1ccccc1CN(C)C)N1CCOC(C2CCCO2)C1. The van der Waals surface area contributed by atoms with E-state index in [0.717, 1.165) is 58.2 Å². The van der Waals surface area contributed by atoms with E-state index in [1.807, 2.05) is 0 Å². The van der Waals surface area contributed by atoms with Gasteiger partial charge < -0.3 is 24.6 Å². The molecule has 2 saturated heterocycles. The van der Waals surface area contributed by atoms with Gasteiger partial charge in [0.1, 0.15) is 6.10 Å². The van der Waals surface area contributed by atoms with Crippen LogP contribution in [0.25, 0.3) is 0 Å². The Morgan fingerprint density at radius 2 is 1.96 bits per heavy atom. The molecule has 2 atom stereocenters. The first-order chi connectivity index (χ1) is 13.2. The van der Waals surface area contributed by atoms with Crippen LogP contribution in [0.3, 0.4) is 0 Å². The van der Waals surface area contributed by atoms with E-state index in [-0.39, 0.29) is 12.2 Å². The molecule has 2 aliphatic rings. The van der Waals surface area contributed by atoms with Gasteiger partial charge in [0.05, 0.1) is 19.3 Å². The number of aliphatic imine (C=N–C) groups is 1. The number of rotatable bonds is 6. The van der Waals surface area contributed by atoms with Gasteiger partial charge in [0, 0.05) is 32.8 Å². The summed E-state index contributed by atoms with van der Waals surface area (Å²) in [5, 5.41) is 3.46. The zero-order chi connectivity index (χ0) is 19.1. The summed E-state index contributed by atoms with van der Waals surface area (Å²) in [7, 11) is 4.20. The summed E-state index contributed by atoms with van der Waals surface area (Å²) in [6.45, 7) is 7.90. The number of benzene rings is 1. The number of hydrogen-bond donors (Lipinski definition) is 1. The van der Waals surface area contributed by atoms with E-state index in [1.54, 1.807) is 0 Å². The monoisotopic (exact) mass is 374 g/mol. The Labute approximate surface area is 163 Å². The standard InChI is InChI=1S/C21H34N4O2/c1-4-22-21(23-14-17-8-5-6-9-18(17)15-24(2)3)25-11-13-27-20(16-25)19-10-7-12-26-19/h5-6,8-9,19-20H,4,7,10-16H2,1-3H3,(H,22,23). The van der Waals surface area contributed by atoms with Gasteiger partial charge in [-0.05, 0) is 45.0 Å². The third kappa shape index (κ3) is 5.67. The van der Waals surface area contributed by atoms with Crippen LogP contribution in [0.4, 0.5) is 0 Å². The molecule has 0 amide bonds. The van der Waals surface area contributed by atoms with Gasteiger partial charge in [-0.25, -0.2) is 4.99 Å². The van der Waals surface area contributed by atoms with Crippen LogP contribution in [0.5, 0.6) is 0 Å². The molecule has 0 saturated carbocycles. The molecule has 27 heavy (non-hydrogen) atoms. The van der Waals surface area contributed by atoms with Crippen molar-refractivity contribution in [2.45, 2.75) is 45.1 Å². The molecule has 2 fully saturated rings. The molecular formula is C21H34N4O2. The Bertz CT molecular complexity index is 614. The summed E-state index contributed by atoms with van der Waals surface area (Å²) in [6.07, 6.45) is 2.62. The van der Waals surface area contributed by atoms with Crippen molar-refractivity contribution >= 4 is 5.96 Å². The topological polar surface area (TPSA) is 49.3 Å². The minimum Gasteiger partial charge on any atom is -0.375 e. The van der Waals surface area contributed by atoms with Crippen molar-refractivity contribution in [2.75, 3.05) is 46.9 Å². The lowest BCUT2D eigenvalue weighted by atomic mass is 10.1. The van der Waals surface area contributed by atoms with E-state index in [9.17, 15) is 0 Å². The molecule has 2 heterocycles. The fraction of sp³-hybridized carbons (Fsp3) is 0.667.